The lowest BCUT2D eigenvalue weighted by Crippen LogP contribution is -2.43. The lowest BCUT2D eigenvalue weighted by Gasteiger charge is -2.28. The number of aliphatic hydroxyl groups is 1. The number of hydrogen-bond donors (Lipinski definition) is 2. The summed E-state index contributed by atoms with van der Waals surface area (Å²) in [4.78, 5) is 15.1. The Labute approximate surface area is 143 Å². The van der Waals surface area contributed by atoms with Crippen molar-refractivity contribution >= 4 is 17.4 Å². The molecule has 132 valence electrons. The van der Waals surface area contributed by atoms with Crippen molar-refractivity contribution in [2.75, 3.05) is 19.6 Å². The summed E-state index contributed by atoms with van der Waals surface area (Å²) in [6.07, 6.45) is -0.973. The summed E-state index contributed by atoms with van der Waals surface area (Å²) >= 11 is 1.73. The minimum atomic E-state index is -0.584. The van der Waals surface area contributed by atoms with Crippen molar-refractivity contribution in [3.63, 3.8) is 0 Å². The second-order valence-electron chi connectivity index (χ2n) is 6.92. The van der Waals surface area contributed by atoms with Crippen LogP contribution in [0.4, 0.5) is 4.79 Å². The Kier molecular flexibility index (Phi) is 7.51. The molecule has 0 aromatic carbocycles. The molecule has 0 aliphatic heterocycles. The first-order chi connectivity index (χ1) is 10.6. The first kappa shape index (κ1) is 19.9. The molecular weight excluding hydrogens is 312 g/mol. The fourth-order valence-electron chi connectivity index (χ4n) is 2.24. The number of ether oxygens (including phenoxy) is 1. The van der Waals surface area contributed by atoms with E-state index in [4.69, 9.17) is 4.74 Å². The molecule has 0 radical (unpaired) electrons. The topological polar surface area (TPSA) is 61.8 Å². The monoisotopic (exact) mass is 342 g/mol. The van der Waals surface area contributed by atoms with Gasteiger partial charge in [-0.05, 0) is 58.6 Å². The molecule has 2 atom stereocenters. The Hall–Kier alpha value is -1.11. The van der Waals surface area contributed by atoms with Crippen molar-refractivity contribution in [1.82, 2.24) is 10.2 Å². The molecule has 0 aliphatic rings. The highest BCUT2D eigenvalue weighted by molar-refractivity contribution is 7.10. The Morgan fingerprint density at radius 3 is 2.57 bits per heavy atom. The van der Waals surface area contributed by atoms with Gasteiger partial charge in [0.15, 0.2) is 0 Å². The maximum atomic E-state index is 12.2. The van der Waals surface area contributed by atoms with Crippen LogP contribution < -0.4 is 5.32 Å². The molecule has 1 aromatic rings. The number of amides is 1. The number of rotatable bonds is 7. The molecule has 1 aromatic heterocycles. The zero-order valence-corrected chi connectivity index (χ0v) is 15.9. The van der Waals surface area contributed by atoms with Gasteiger partial charge in [0.05, 0.1) is 6.10 Å². The average Bonchev–Trinajstić information content (AvgIpc) is 2.81. The van der Waals surface area contributed by atoms with Gasteiger partial charge in [-0.25, -0.2) is 4.79 Å². The fourth-order valence-corrected chi connectivity index (χ4v) is 3.20. The maximum Gasteiger partial charge on any atom is 0.410 e. The van der Waals surface area contributed by atoms with Crippen LogP contribution in [0.2, 0.25) is 0 Å². The highest BCUT2D eigenvalue weighted by Crippen LogP contribution is 2.23. The van der Waals surface area contributed by atoms with Gasteiger partial charge in [-0.1, -0.05) is 0 Å². The van der Waals surface area contributed by atoms with E-state index in [0.717, 1.165) is 0 Å². The van der Waals surface area contributed by atoms with E-state index in [1.54, 1.807) is 23.2 Å². The van der Waals surface area contributed by atoms with Crippen LogP contribution in [-0.2, 0) is 4.74 Å². The third-order valence-corrected chi connectivity index (χ3v) is 4.47. The van der Waals surface area contributed by atoms with Gasteiger partial charge >= 0.3 is 6.09 Å². The number of thiophene rings is 1. The summed E-state index contributed by atoms with van der Waals surface area (Å²) in [6, 6.07) is 2.35. The van der Waals surface area contributed by atoms with E-state index in [0.29, 0.717) is 13.1 Å². The molecule has 0 saturated carbocycles. The minimum Gasteiger partial charge on any atom is -0.444 e. The number of carbonyl (C=O) groups excluding carboxylic acids is 1. The molecule has 0 spiro atoms. The number of hydrogen-bond acceptors (Lipinski definition) is 5. The number of carbonyl (C=O) groups is 1. The van der Waals surface area contributed by atoms with Crippen molar-refractivity contribution in [3.8, 4) is 0 Å². The van der Waals surface area contributed by atoms with Crippen LogP contribution in [0, 0.1) is 6.92 Å². The van der Waals surface area contributed by atoms with Gasteiger partial charge in [0, 0.05) is 30.6 Å². The molecule has 1 rings (SSSR count). The van der Waals surface area contributed by atoms with Gasteiger partial charge < -0.3 is 20.1 Å². The van der Waals surface area contributed by atoms with Gasteiger partial charge in [0.2, 0.25) is 0 Å². The zero-order chi connectivity index (χ0) is 17.6. The smallest absolute Gasteiger partial charge is 0.410 e. The van der Waals surface area contributed by atoms with Crippen LogP contribution in [0.3, 0.4) is 0 Å². The normalized spacial score (nSPS) is 14.4. The van der Waals surface area contributed by atoms with Crippen LogP contribution >= 0.6 is 11.3 Å². The van der Waals surface area contributed by atoms with E-state index in [9.17, 15) is 9.90 Å². The Balaban J connectivity index is 2.54. The third kappa shape index (κ3) is 7.33. The quantitative estimate of drug-likeness (QED) is 0.798. The molecule has 0 aliphatic carbocycles. The van der Waals surface area contributed by atoms with Gasteiger partial charge in [-0.3, -0.25) is 0 Å². The lowest BCUT2D eigenvalue weighted by molar-refractivity contribution is 0.0163. The fraction of sp³-hybridized carbons (Fsp3) is 0.706. The van der Waals surface area contributed by atoms with E-state index < -0.39 is 11.7 Å². The average molecular weight is 343 g/mol. The Bertz CT molecular complexity index is 494. The van der Waals surface area contributed by atoms with Crippen molar-refractivity contribution in [2.45, 2.75) is 59.3 Å². The summed E-state index contributed by atoms with van der Waals surface area (Å²) in [5.74, 6) is 0. The van der Waals surface area contributed by atoms with Crippen LogP contribution in [-0.4, -0.2) is 47.4 Å². The van der Waals surface area contributed by atoms with E-state index in [-0.39, 0.29) is 18.7 Å². The van der Waals surface area contributed by atoms with Crippen molar-refractivity contribution in [1.29, 1.82) is 0 Å². The highest BCUT2D eigenvalue weighted by Gasteiger charge is 2.23. The predicted molar refractivity (Wildman–Crippen MR) is 95.0 cm³/mol. The predicted octanol–water partition coefficient (Wildman–Crippen LogP) is 3.33. The standard InChI is InChI=1S/C17H30N2O3S/c1-12-7-10-23-15(12)14(3)18-8-9-19(11-13(2)20)16(21)22-17(4,5)6/h7,10,13-14,18,20H,8-9,11H2,1-6H3. The van der Waals surface area contributed by atoms with Crippen LogP contribution in [0.1, 0.15) is 51.1 Å². The Morgan fingerprint density at radius 1 is 1.43 bits per heavy atom. The van der Waals surface area contributed by atoms with Crippen molar-refractivity contribution in [3.05, 3.63) is 21.9 Å². The second kappa shape index (κ2) is 8.66. The SMILES string of the molecule is Cc1ccsc1C(C)NCCN(CC(C)O)C(=O)OC(C)(C)C. The number of nitrogens with one attached hydrogen (secondary N) is 1. The molecule has 6 heteroatoms. The highest BCUT2D eigenvalue weighted by atomic mass is 32.1. The Morgan fingerprint density at radius 2 is 2.09 bits per heavy atom. The van der Waals surface area contributed by atoms with Crippen molar-refractivity contribution < 1.29 is 14.6 Å². The summed E-state index contributed by atoms with van der Waals surface area (Å²) in [6.45, 7) is 12.8. The molecular formula is C17H30N2O3S. The first-order valence-corrected chi connectivity index (χ1v) is 8.91. The summed E-state index contributed by atoms with van der Waals surface area (Å²) in [7, 11) is 0. The molecule has 2 unspecified atom stereocenters. The first-order valence-electron chi connectivity index (χ1n) is 8.03. The van der Waals surface area contributed by atoms with Gasteiger partial charge in [-0.2, -0.15) is 0 Å². The van der Waals surface area contributed by atoms with Crippen LogP contribution in [0.15, 0.2) is 11.4 Å². The molecule has 1 heterocycles. The number of aryl methyl sites for hydroxylation is 1. The molecule has 23 heavy (non-hydrogen) atoms. The second-order valence-corrected chi connectivity index (χ2v) is 7.87. The van der Waals surface area contributed by atoms with Crippen LogP contribution in [0.25, 0.3) is 0 Å². The van der Waals surface area contributed by atoms with E-state index in [1.807, 2.05) is 20.8 Å². The molecule has 1 amide bonds. The summed E-state index contributed by atoms with van der Waals surface area (Å²) in [5.41, 5.74) is 0.742. The molecule has 0 fully saturated rings. The van der Waals surface area contributed by atoms with Crippen molar-refractivity contribution in [2.24, 2.45) is 0 Å². The largest absolute Gasteiger partial charge is 0.444 e. The lowest BCUT2D eigenvalue weighted by atomic mass is 10.2. The van der Waals surface area contributed by atoms with E-state index >= 15 is 0 Å². The van der Waals surface area contributed by atoms with Crippen LogP contribution in [0.5, 0.6) is 0 Å². The van der Waals surface area contributed by atoms with E-state index in [2.05, 4.69) is 30.6 Å². The minimum absolute atomic E-state index is 0.238. The molecule has 5 nitrogen and oxygen atoms in total. The van der Waals surface area contributed by atoms with Gasteiger partial charge in [0.1, 0.15) is 5.60 Å². The zero-order valence-electron chi connectivity index (χ0n) is 15.0. The summed E-state index contributed by atoms with van der Waals surface area (Å²) < 4.78 is 5.40. The van der Waals surface area contributed by atoms with E-state index in [1.165, 1.54) is 10.4 Å². The maximum absolute atomic E-state index is 12.2. The number of nitrogens with zero attached hydrogens (tertiary/aromatic N) is 1. The molecule has 0 saturated heterocycles. The molecule has 2 N–H and O–H groups in total. The molecule has 0 bridgehead atoms. The third-order valence-electron chi connectivity index (χ3n) is 3.26. The van der Waals surface area contributed by atoms with Gasteiger partial charge in [-0.15, -0.1) is 11.3 Å². The van der Waals surface area contributed by atoms with Gasteiger partial charge in [0.25, 0.3) is 0 Å². The summed E-state index contributed by atoms with van der Waals surface area (Å²) in [5, 5.41) is 15.1. The number of aliphatic hydroxyl groups excluding tert-OH is 1.